The standard InChI is InChI=1S/C13H10FN3/c1-8-3-2-4-11(15-8)13-16-10-6-5-9(14)7-12(10)17-13/h2-7H,1H3,(H,16,17). The van der Waals surface area contributed by atoms with Gasteiger partial charge in [0.1, 0.15) is 11.5 Å². The molecule has 1 aromatic carbocycles. The van der Waals surface area contributed by atoms with Crippen molar-refractivity contribution in [3.63, 3.8) is 0 Å². The molecule has 0 aliphatic heterocycles. The summed E-state index contributed by atoms with van der Waals surface area (Å²) in [6.07, 6.45) is 0. The summed E-state index contributed by atoms with van der Waals surface area (Å²) in [5, 5.41) is 0. The molecule has 17 heavy (non-hydrogen) atoms. The first-order chi connectivity index (χ1) is 8.22. The number of pyridine rings is 1. The van der Waals surface area contributed by atoms with Crippen LogP contribution in [0.3, 0.4) is 0 Å². The van der Waals surface area contributed by atoms with Crippen molar-refractivity contribution in [2.24, 2.45) is 0 Å². The number of halogens is 1. The Labute approximate surface area is 97.3 Å². The SMILES string of the molecule is Cc1cccc(-c2nc3ccc(F)cc3[nH]2)n1. The van der Waals surface area contributed by atoms with Gasteiger partial charge in [-0.3, -0.25) is 0 Å². The van der Waals surface area contributed by atoms with E-state index in [0.29, 0.717) is 11.3 Å². The summed E-state index contributed by atoms with van der Waals surface area (Å²) >= 11 is 0. The van der Waals surface area contributed by atoms with Crippen molar-refractivity contribution >= 4 is 11.0 Å². The van der Waals surface area contributed by atoms with E-state index in [0.717, 1.165) is 16.9 Å². The molecule has 0 fully saturated rings. The van der Waals surface area contributed by atoms with Crippen molar-refractivity contribution in [3.05, 3.63) is 47.9 Å². The third kappa shape index (κ3) is 1.78. The molecule has 3 rings (SSSR count). The second-order valence-corrected chi connectivity index (χ2v) is 3.91. The minimum absolute atomic E-state index is 0.273. The van der Waals surface area contributed by atoms with Gasteiger partial charge in [0.2, 0.25) is 0 Å². The predicted molar refractivity (Wildman–Crippen MR) is 64.0 cm³/mol. The molecule has 0 spiro atoms. The maximum atomic E-state index is 13.0. The number of aromatic amines is 1. The Bertz CT molecular complexity index is 688. The molecular weight excluding hydrogens is 217 g/mol. The highest BCUT2D eigenvalue weighted by Crippen LogP contribution is 2.19. The minimum atomic E-state index is -0.273. The zero-order valence-corrected chi connectivity index (χ0v) is 9.24. The lowest BCUT2D eigenvalue weighted by Gasteiger charge is -1.96. The van der Waals surface area contributed by atoms with Crippen LogP contribution in [0.4, 0.5) is 4.39 Å². The van der Waals surface area contributed by atoms with Crippen molar-refractivity contribution in [3.8, 4) is 11.5 Å². The van der Waals surface area contributed by atoms with Crippen molar-refractivity contribution in [2.45, 2.75) is 6.92 Å². The number of nitrogens with zero attached hydrogens (tertiary/aromatic N) is 2. The fourth-order valence-corrected chi connectivity index (χ4v) is 1.78. The van der Waals surface area contributed by atoms with E-state index < -0.39 is 0 Å². The van der Waals surface area contributed by atoms with Gasteiger partial charge < -0.3 is 4.98 Å². The molecule has 2 aromatic heterocycles. The third-order valence-corrected chi connectivity index (χ3v) is 2.57. The van der Waals surface area contributed by atoms with Gasteiger partial charge >= 0.3 is 0 Å². The van der Waals surface area contributed by atoms with Crippen LogP contribution in [-0.2, 0) is 0 Å². The molecule has 3 aromatic rings. The molecule has 0 atom stereocenters. The van der Waals surface area contributed by atoms with Crippen LogP contribution in [-0.4, -0.2) is 15.0 Å². The van der Waals surface area contributed by atoms with Gasteiger partial charge in [-0.2, -0.15) is 0 Å². The molecule has 0 unspecified atom stereocenters. The van der Waals surface area contributed by atoms with Gasteiger partial charge in [-0.15, -0.1) is 0 Å². The molecule has 0 saturated heterocycles. The Morgan fingerprint density at radius 3 is 2.82 bits per heavy atom. The van der Waals surface area contributed by atoms with Crippen LogP contribution in [0.1, 0.15) is 5.69 Å². The van der Waals surface area contributed by atoms with E-state index in [4.69, 9.17) is 0 Å². The van der Waals surface area contributed by atoms with Gasteiger partial charge in [-0.1, -0.05) is 6.07 Å². The average molecular weight is 227 g/mol. The Morgan fingerprint density at radius 2 is 2.00 bits per heavy atom. The van der Waals surface area contributed by atoms with E-state index in [1.165, 1.54) is 12.1 Å². The van der Waals surface area contributed by atoms with Crippen molar-refractivity contribution in [1.82, 2.24) is 15.0 Å². The van der Waals surface area contributed by atoms with Crippen molar-refractivity contribution in [1.29, 1.82) is 0 Å². The average Bonchev–Trinajstić information content (AvgIpc) is 2.72. The zero-order chi connectivity index (χ0) is 11.8. The summed E-state index contributed by atoms with van der Waals surface area (Å²) in [6, 6.07) is 10.2. The maximum absolute atomic E-state index is 13.0. The van der Waals surface area contributed by atoms with Gasteiger partial charge in [0.15, 0.2) is 5.82 Å². The number of aryl methyl sites for hydroxylation is 1. The van der Waals surface area contributed by atoms with E-state index in [1.807, 2.05) is 25.1 Å². The highest BCUT2D eigenvalue weighted by atomic mass is 19.1. The zero-order valence-electron chi connectivity index (χ0n) is 9.24. The van der Waals surface area contributed by atoms with Crippen molar-refractivity contribution in [2.75, 3.05) is 0 Å². The molecule has 0 amide bonds. The molecule has 0 radical (unpaired) electrons. The highest BCUT2D eigenvalue weighted by Gasteiger charge is 2.06. The topological polar surface area (TPSA) is 41.6 Å². The summed E-state index contributed by atoms with van der Waals surface area (Å²) in [4.78, 5) is 11.8. The van der Waals surface area contributed by atoms with Gasteiger partial charge in [0.25, 0.3) is 0 Å². The normalized spacial score (nSPS) is 10.9. The Hall–Kier alpha value is -2.23. The smallest absolute Gasteiger partial charge is 0.157 e. The Balaban J connectivity index is 2.18. The summed E-state index contributed by atoms with van der Waals surface area (Å²) in [6.45, 7) is 1.92. The monoisotopic (exact) mass is 227 g/mol. The number of imidazole rings is 1. The summed E-state index contributed by atoms with van der Waals surface area (Å²) < 4.78 is 13.0. The quantitative estimate of drug-likeness (QED) is 0.694. The van der Waals surface area contributed by atoms with Crippen LogP contribution < -0.4 is 0 Å². The van der Waals surface area contributed by atoms with Crippen LogP contribution in [0.5, 0.6) is 0 Å². The van der Waals surface area contributed by atoms with E-state index in [-0.39, 0.29) is 5.82 Å². The van der Waals surface area contributed by atoms with Crippen LogP contribution in [0.25, 0.3) is 22.6 Å². The lowest BCUT2D eigenvalue weighted by molar-refractivity contribution is 0.629. The van der Waals surface area contributed by atoms with Gasteiger partial charge in [-0.05, 0) is 37.3 Å². The summed E-state index contributed by atoms with van der Waals surface area (Å²) in [5.41, 5.74) is 3.11. The van der Waals surface area contributed by atoms with Gasteiger partial charge in [-0.25, -0.2) is 14.4 Å². The first-order valence-electron chi connectivity index (χ1n) is 5.32. The number of aromatic nitrogens is 3. The molecule has 84 valence electrons. The molecule has 3 nitrogen and oxygen atoms in total. The fraction of sp³-hybridized carbons (Fsp3) is 0.0769. The molecule has 2 heterocycles. The van der Waals surface area contributed by atoms with Crippen LogP contribution in [0.2, 0.25) is 0 Å². The fourth-order valence-electron chi connectivity index (χ4n) is 1.78. The molecule has 1 N–H and O–H groups in total. The number of benzene rings is 1. The molecule has 0 bridgehead atoms. The van der Waals surface area contributed by atoms with E-state index >= 15 is 0 Å². The van der Waals surface area contributed by atoms with Crippen LogP contribution >= 0.6 is 0 Å². The second-order valence-electron chi connectivity index (χ2n) is 3.91. The summed E-state index contributed by atoms with van der Waals surface area (Å²) in [7, 11) is 0. The van der Waals surface area contributed by atoms with E-state index in [1.54, 1.807) is 6.07 Å². The molecule has 4 heteroatoms. The van der Waals surface area contributed by atoms with Gasteiger partial charge in [0.05, 0.1) is 11.0 Å². The van der Waals surface area contributed by atoms with E-state index in [9.17, 15) is 4.39 Å². The van der Waals surface area contributed by atoms with Crippen LogP contribution in [0.15, 0.2) is 36.4 Å². The largest absolute Gasteiger partial charge is 0.337 e. The summed E-state index contributed by atoms with van der Waals surface area (Å²) in [5.74, 6) is 0.388. The van der Waals surface area contributed by atoms with Crippen molar-refractivity contribution < 1.29 is 4.39 Å². The second kappa shape index (κ2) is 3.66. The van der Waals surface area contributed by atoms with Gasteiger partial charge in [0, 0.05) is 5.69 Å². The van der Waals surface area contributed by atoms with E-state index in [2.05, 4.69) is 15.0 Å². The number of hydrogen-bond donors (Lipinski definition) is 1. The third-order valence-electron chi connectivity index (χ3n) is 2.57. The molecule has 0 aliphatic carbocycles. The number of H-pyrrole nitrogens is 1. The Kier molecular flexibility index (Phi) is 2.14. The maximum Gasteiger partial charge on any atom is 0.157 e. The van der Waals surface area contributed by atoms with Crippen LogP contribution in [0, 0.1) is 12.7 Å². The lowest BCUT2D eigenvalue weighted by atomic mass is 10.3. The minimum Gasteiger partial charge on any atom is -0.337 e. The first kappa shape index (κ1) is 9.96. The Morgan fingerprint density at radius 1 is 1.12 bits per heavy atom. The number of fused-ring (bicyclic) bond motifs is 1. The molecule has 0 saturated carbocycles. The predicted octanol–water partition coefficient (Wildman–Crippen LogP) is 3.07. The number of rotatable bonds is 1. The highest BCUT2D eigenvalue weighted by molar-refractivity contribution is 5.78. The molecule has 0 aliphatic rings. The lowest BCUT2D eigenvalue weighted by Crippen LogP contribution is -1.87. The first-order valence-corrected chi connectivity index (χ1v) is 5.32. The number of hydrogen-bond acceptors (Lipinski definition) is 2. The number of nitrogens with one attached hydrogen (secondary N) is 1. The molecular formula is C13H10FN3.